The Bertz CT molecular complexity index is 574. The van der Waals surface area contributed by atoms with Gasteiger partial charge in [0, 0.05) is 13.0 Å². The summed E-state index contributed by atoms with van der Waals surface area (Å²) < 4.78 is 5.73. The first-order chi connectivity index (χ1) is 10.4. The summed E-state index contributed by atoms with van der Waals surface area (Å²) >= 11 is 0. The lowest BCUT2D eigenvalue weighted by atomic mass is 10.0. The number of rotatable bonds is 6. The predicted molar refractivity (Wildman–Crippen MR) is 81.7 cm³/mol. The van der Waals surface area contributed by atoms with Gasteiger partial charge in [-0.1, -0.05) is 13.8 Å². The highest BCUT2D eigenvalue weighted by Gasteiger charge is 2.37. The SMILES string of the molecule is CC(C)C1Oc2ccc(N)nc2N(CCCCC(=O)O)C1=O. The number of hydrogen-bond acceptors (Lipinski definition) is 5. The van der Waals surface area contributed by atoms with Gasteiger partial charge in [0.25, 0.3) is 5.91 Å². The van der Waals surface area contributed by atoms with E-state index in [9.17, 15) is 9.59 Å². The molecule has 1 amide bonds. The number of unbranched alkanes of at least 4 members (excludes halogenated alkanes) is 1. The lowest BCUT2D eigenvalue weighted by molar-refractivity contribution is -0.137. The lowest BCUT2D eigenvalue weighted by Gasteiger charge is -2.35. The van der Waals surface area contributed by atoms with E-state index in [1.54, 1.807) is 17.0 Å². The number of nitrogen functional groups attached to an aromatic ring is 1. The number of carbonyl (C=O) groups excluding carboxylic acids is 1. The second kappa shape index (κ2) is 6.64. The maximum atomic E-state index is 12.6. The van der Waals surface area contributed by atoms with Gasteiger partial charge < -0.3 is 15.6 Å². The van der Waals surface area contributed by atoms with Crippen molar-refractivity contribution < 1.29 is 19.4 Å². The molecule has 1 aliphatic heterocycles. The molecule has 0 aromatic carbocycles. The van der Waals surface area contributed by atoms with Crippen molar-refractivity contribution in [1.29, 1.82) is 0 Å². The van der Waals surface area contributed by atoms with Crippen molar-refractivity contribution >= 4 is 23.5 Å². The second-order valence-electron chi connectivity index (χ2n) is 5.68. The zero-order valence-electron chi connectivity index (χ0n) is 12.8. The fourth-order valence-electron chi connectivity index (χ4n) is 2.36. The van der Waals surface area contributed by atoms with Crippen LogP contribution in [0.5, 0.6) is 5.75 Å². The first kappa shape index (κ1) is 16.1. The third-order valence-corrected chi connectivity index (χ3v) is 3.51. The van der Waals surface area contributed by atoms with E-state index in [0.29, 0.717) is 36.8 Å². The van der Waals surface area contributed by atoms with E-state index in [-0.39, 0.29) is 18.2 Å². The van der Waals surface area contributed by atoms with Crippen LogP contribution in [0.2, 0.25) is 0 Å². The Labute approximate surface area is 129 Å². The number of carbonyl (C=O) groups is 2. The van der Waals surface area contributed by atoms with Gasteiger partial charge in [-0.05, 0) is 30.9 Å². The number of amides is 1. The summed E-state index contributed by atoms with van der Waals surface area (Å²) in [4.78, 5) is 28.9. The molecule has 0 spiro atoms. The van der Waals surface area contributed by atoms with E-state index >= 15 is 0 Å². The summed E-state index contributed by atoms with van der Waals surface area (Å²) in [5.41, 5.74) is 5.70. The maximum Gasteiger partial charge on any atom is 0.303 e. The van der Waals surface area contributed by atoms with Crippen molar-refractivity contribution in [2.45, 2.75) is 39.2 Å². The van der Waals surface area contributed by atoms with Crippen molar-refractivity contribution in [3.05, 3.63) is 12.1 Å². The number of anilines is 2. The van der Waals surface area contributed by atoms with Gasteiger partial charge >= 0.3 is 5.97 Å². The lowest BCUT2D eigenvalue weighted by Crippen LogP contribution is -2.49. The zero-order chi connectivity index (χ0) is 16.3. The monoisotopic (exact) mass is 307 g/mol. The smallest absolute Gasteiger partial charge is 0.303 e. The summed E-state index contributed by atoms with van der Waals surface area (Å²) in [5, 5.41) is 8.68. The van der Waals surface area contributed by atoms with E-state index in [4.69, 9.17) is 15.6 Å². The number of pyridine rings is 1. The normalized spacial score (nSPS) is 17.3. The van der Waals surface area contributed by atoms with Gasteiger partial charge in [-0.15, -0.1) is 0 Å². The van der Waals surface area contributed by atoms with Crippen molar-refractivity contribution in [2.75, 3.05) is 17.2 Å². The molecular weight excluding hydrogens is 286 g/mol. The van der Waals surface area contributed by atoms with E-state index < -0.39 is 12.1 Å². The number of ether oxygens (including phenoxy) is 1. The van der Waals surface area contributed by atoms with E-state index in [1.807, 2.05) is 13.8 Å². The van der Waals surface area contributed by atoms with Crippen molar-refractivity contribution in [2.24, 2.45) is 5.92 Å². The molecule has 1 aromatic heterocycles. The number of nitrogens with zero attached hydrogens (tertiary/aromatic N) is 2. The number of nitrogens with two attached hydrogens (primary N) is 1. The van der Waals surface area contributed by atoms with Crippen molar-refractivity contribution in [3.63, 3.8) is 0 Å². The minimum atomic E-state index is -0.837. The molecule has 0 bridgehead atoms. The molecule has 0 radical (unpaired) electrons. The average Bonchev–Trinajstić information content (AvgIpc) is 2.44. The number of aromatic nitrogens is 1. The molecular formula is C15H21N3O4. The van der Waals surface area contributed by atoms with Crippen LogP contribution in [0.1, 0.15) is 33.1 Å². The van der Waals surface area contributed by atoms with E-state index in [1.165, 1.54) is 0 Å². The Morgan fingerprint density at radius 2 is 2.18 bits per heavy atom. The zero-order valence-corrected chi connectivity index (χ0v) is 12.8. The molecule has 0 fully saturated rings. The Balaban J connectivity index is 2.19. The minimum Gasteiger partial charge on any atom is -0.481 e. The van der Waals surface area contributed by atoms with Crippen LogP contribution in [-0.4, -0.2) is 34.6 Å². The summed E-state index contributed by atoms with van der Waals surface area (Å²) in [5.74, 6) is 0.295. The molecule has 120 valence electrons. The molecule has 7 nitrogen and oxygen atoms in total. The number of carboxylic acid groups (broad SMARTS) is 1. The highest BCUT2D eigenvalue weighted by atomic mass is 16.5. The Hall–Kier alpha value is -2.31. The van der Waals surface area contributed by atoms with Crippen molar-refractivity contribution in [3.8, 4) is 5.75 Å². The van der Waals surface area contributed by atoms with Crippen LogP contribution in [0, 0.1) is 5.92 Å². The van der Waals surface area contributed by atoms with Gasteiger partial charge in [0.2, 0.25) is 0 Å². The van der Waals surface area contributed by atoms with E-state index in [2.05, 4.69) is 4.98 Å². The first-order valence-electron chi connectivity index (χ1n) is 7.36. The molecule has 2 heterocycles. The number of hydrogen-bond donors (Lipinski definition) is 2. The van der Waals surface area contributed by atoms with Gasteiger partial charge in [-0.25, -0.2) is 4.98 Å². The molecule has 22 heavy (non-hydrogen) atoms. The standard InChI is InChI=1S/C15H21N3O4/c1-9(2)13-15(21)18(8-4-3-5-12(19)20)14-10(22-13)6-7-11(16)17-14/h6-7,9,13H,3-5,8H2,1-2H3,(H2,16,17)(H,19,20). The van der Waals surface area contributed by atoms with Crippen LogP contribution in [-0.2, 0) is 9.59 Å². The van der Waals surface area contributed by atoms with Gasteiger partial charge in [0.1, 0.15) is 5.82 Å². The Morgan fingerprint density at radius 3 is 2.82 bits per heavy atom. The van der Waals surface area contributed by atoms with Gasteiger partial charge in [-0.2, -0.15) is 0 Å². The molecule has 0 saturated heterocycles. The molecule has 7 heteroatoms. The van der Waals surface area contributed by atoms with Crippen LogP contribution in [0.3, 0.4) is 0 Å². The largest absolute Gasteiger partial charge is 0.481 e. The molecule has 1 aromatic rings. The minimum absolute atomic E-state index is 0.0275. The van der Waals surface area contributed by atoms with Crippen LogP contribution >= 0.6 is 0 Å². The molecule has 3 N–H and O–H groups in total. The number of fused-ring (bicyclic) bond motifs is 1. The molecule has 0 aliphatic carbocycles. The molecule has 1 unspecified atom stereocenters. The fraction of sp³-hybridized carbons (Fsp3) is 0.533. The average molecular weight is 307 g/mol. The molecule has 1 atom stereocenters. The summed E-state index contributed by atoms with van der Waals surface area (Å²) in [6.45, 7) is 4.24. The molecule has 0 saturated carbocycles. The first-order valence-corrected chi connectivity index (χ1v) is 7.36. The van der Waals surface area contributed by atoms with E-state index in [0.717, 1.165) is 0 Å². The summed E-state index contributed by atoms with van der Waals surface area (Å²) in [6, 6.07) is 3.35. The fourth-order valence-corrected chi connectivity index (χ4v) is 2.36. The highest BCUT2D eigenvalue weighted by molar-refractivity contribution is 5.99. The van der Waals surface area contributed by atoms with Gasteiger partial charge in [0.05, 0.1) is 0 Å². The Kier molecular flexibility index (Phi) is 4.85. The van der Waals surface area contributed by atoms with Crippen LogP contribution in [0.15, 0.2) is 12.1 Å². The quantitative estimate of drug-likeness (QED) is 0.774. The van der Waals surface area contributed by atoms with Gasteiger partial charge in [-0.3, -0.25) is 14.5 Å². The Morgan fingerprint density at radius 1 is 1.45 bits per heavy atom. The highest BCUT2D eigenvalue weighted by Crippen LogP contribution is 2.34. The van der Waals surface area contributed by atoms with Gasteiger partial charge in [0.15, 0.2) is 17.7 Å². The third-order valence-electron chi connectivity index (χ3n) is 3.51. The van der Waals surface area contributed by atoms with Crippen LogP contribution in [0.25, 0.3) is 0 Å². The maximum absolute atomic E-state index is 12.6. The molecule has 2 rings (SSSR count). The topological polar surface area (TPSA) is 106 Å². The van der Waals surface area contributed by atoms with Crippen LogP contribution in [0.4, 0.5) is 11.6 Å². The number of aliphatic carboxylic acids is 1. The second-order valence-corrected chi connectivity index (χ2v) is 5.68. The van der Waals surface area contributed by atoms with Crippen LogP contribution < -0.4 is 15.4 Å². The molecule has 1 aliphatic rings. The number of carboxylic acids is 1. The summed E-state index contributed by atoms with van der Waals surface area (Å²) in [7, 11) is 0. The van der Waals surface area contributed by atoms with Crippen molar-refractivity contribution in [1.82, 2.24) is 4.98 Å². The predicted octanol–water partition coefficient (Wildman–Crippen LogP) is 1.67. The third kappa shape index (κ3) is 3.47. The summed E-state index contributed by atoms with van der Waals surface area (Å²) in [6.07, 6.45) is 0.615.